The van der Waals surface area contributed by atoms with Crippen LogP contribution in [-0.2, 0) is 4.74 Å². The number of hydrogen-bond acceptors (Lipinski definition) is 3. The van der Waals surface area contributed by atoms with Crippen LogP contribution in [0, 0.1) is 5.92 Å². The molecule has 5 heteroatoms. The fraction of sp³-hybridized carbons (Fsp3) is 0.929. The number of aliphatic imine (C=N–C) groups is 1. The fourth-order valence-corrected chi connectivity index (χ4v) is 1.83. The number of rotatable bonds is 6. The fourth-order valence-electron chi connectivity index (χ4n) is 1.83. The largest absolute Gasteiger partial charge is 0.379 e. The smallest absolute Gasteiger partial charge is 0.191 e. The molecule has 1 aliphatic rings. The second kappa shape index (κ2) is 9.15. The topological polar surface area (TPSA) is 48.9 Å². The van der Waals surface area contributed by atoms with Crippen LogP contribution in [0.25, 0.3) is 0 Å². The van der Waals surface area contributed by atoms with Gasteiger partial charge in [0.25, 0.3) is 0 Å². The van der Waals surface area contributed by atoms with Crippen molar-refractivity contribution in [3.63, 3.8) is 0 Å². The zero-order valence-electron chi connectivity index (χ0n) is 12.9. The maximum Gasteiger partial charge on any atom is 0.191 e. The van der Waals surface area contributed by atoms with Crippen molar-refractivity contribution in [2.45, 2.75) is 33.7 Å². The lowest BCUT2D eigenvalue weighted by Crippen LogP contribution is -2.45. The molecule has 19 heavy (non-hydrogen) atoms. The SMILES string of the molecule is CCNC(=NCCN1CCOCC1)NC(C)C(C)C. The van der Waals surface area contributed by atoms with Gasteiger partial charge in [-0.15, -0.1) is 0 Å². The van der Waals surface area contributed by atoms with Crippen molar-refractivity contribution in [3.05, 3.63) is 0 Å². The minimum absolute atomic E-state index is 0.432. The Balaban J connectivity index is 2.34. The lowest BCUT2D eigenvalue weighted by Gasteiger charge is -2.26. The zero-order valence-corrected chi connectivity index (χ0v) is 12.9. The molecule has 1 rings (SSSR count). The van der Waals surface area contributed by atoms with Crippen molar-refractivity contribution in [2.24, 2.45) is 10.9 Å². The van der Waals surface area contributed by atoms with Gasteiger partial charge in [-0.2, -0.15) is 0 Å². The van der Waals surface area contributed by atoms with Gasteiger partial charge in [-0.05, 0) is 19.8 Å². The van der Waals surface area contributed by atoms with Crippen molar-refractivity contribution < 1.29 is 4.74 Å². The Hall–Kier alpha value is -0.810. The summed E-state index contributed by atoms with van der Waals surface area (Å²) in [5, 5.41) is 6.75. The van der Waals surface area contributed by atoms with E-state index < -0.39 is 0 Å². The second-order valence-electron chi connectivity index (χ2n) is 5.39. The van der Waals surface area contributed by atoms with Gasteiger partial charge in [0.2, 0.25) is 0 Å². The molecule has 1 saturated heterocycles. The molecule has 1 heterocycles. The molecule has 5 nitrogen and oxygen atoms in total. The van der Waals surface area contributed by atoms with E-state index in [9.17, 15) is 0 Å². The van der Waals surface area contributed by atoms with Gasteiger partial charge in [0.1, 0.15) is 0 Å². The third-order valence-corrected chi connectivity index (χ3v) is 3.50. The van der Waals surface area contributed by atoms with E-state index in [-0.39, 0.29) is 0 Å². The van der Waals surface area contributed by atoms with Crippen LogP contribution < -0.4 is 10.6 Å². The van der Waals surface area contributed by atoms with Gasteiger partial charge in [-0.25, -0.2) is 0 Å². The molecular formula is C14H30N4O. The summed E-state index contributed by atoms with van der Waals surface area (Å²) in [5.41, 5.74) is 0. The normalized spacial score (nSPS) is 19.5. The lowest BCUT2D eigenvalue weighted by atomic mass is 10.1. The first-order valence-electron chi connectivity index (χ1n) is 7.48. The number of ether oxygens (including phenoxy) is 1. The van der Waals surface area contributed by atoms with Crippen LogP contribution >= 0.6 is 0 Å². The summed E-state index contributed by atoms with van der Waals surface area (Å²) in [6.07, 6.45) is 0. The molecule has 2 N–H and O–H groups in total. The highest BCUT2D eigenvalue weighted by atomic mass is 16.5. The van der Waals surface area contributed by atoms with Crippen molar-refractivity contribution in [2.75, 3.05) is 45.9 Å². The van der Waals surface area contributed by atoms with E-state index in [1.165, 1.54) is 0 Å². The van der Waals surface area contributed by atoms with E-state index in [2.05, 4.69) is 48.2 Å². The molecule has 0 aromatic heterocycles. The van der Waals surface area contributed by atoms with Crippen LogP contribution in [0.5, 0.6) is 0 Å². The van der Waals surface area contributed by atoms with Crippen LogP contribution in [-0.4, -0.2) is 62.8 Å². The highest BCUT2D eigenvalue weighted by Crippen LogP contribution is 1.99. The van der Waals surface area contributed by atoms with E-state index in [1.54, 1.807) is 0 Å². The average Bonchev–Trinajstić information content (AvgIpc) is 2.40. The molecule has 0 aromatic carbocycles. The van der Waals surface area contributed by atoms with Crippen LogP contribution in [0.2, 0.25) is 0 Å². The van der Waals surface area contributed by atoms with E-state index >= 15 is 0 Å². The minimum atomic E-state index is 0.432. The Kier molecular flexibility index (Phi) is 7.82. The first kappa shape index (κ1) is 16.2. The number of nitrogens with one attached hydrogen (secondary N) is 2. The van der Waals surface area contributed by atoms with Crippen LogP contribution in [0.1, 0.15) is 27.7 Å². The third-order valence-electron chi connectivity index (χ3n) is 3.50. The first-order chi connectivity index (χ1) is 9.13. The van der Waals surface area contributed by atoms with Gasteiger partial charge < -0.3 is 15.4 Å². The molecule has 0 amide bonds. The quantitative estimate of drug-likeness (QED) is 0.556. The highest BCUT2D eigenvalue weighted by Gasteiger charge is 2.10. The predicted octanol–water partition coefficient (Wildman–Crippen LogP) is 0.918. The van der Waals surface area contributed by atoms with Crippen molar-refractivity contribution >= 4 is 5.96 Å². The van der Waals surface area contributed by atoms with E-state index in [0.717, 1.165) is 51.9 Å². The van der Waals surface area contributed by atoms with Gasteiger partial charge in [-0.1, -0.05) is 13.8 Å². The molecule has 1 atom stereocenters. The molecule has 0 radical (unpaired) electrons. The van der Waals surface area contributed by atoms with Crippen LogP contribution in [0.4, 0.5) is 0 Å². The molecule has 0 bridgehead atoms. The summed E-state index contributed by atoms with van der Waals surface area (Å²) in [6, 6.07) is 0.432. The Labute approximate surface area is 117 Å². The van der Waals surface area contributed by atoms with Crippen molar-refractivity contribution in [3.8, 4) is 0 Å². The van der Waals surface area contributed by atoms with Crippen LogP contribution in [0.3, 0.4) is 0 Å². The summed E-state index contributed by atoms with van der Waals surface area (Å²) >= 11 is 0. The lowest BCUT2D eigenvalue weighted by molar-refractivity contribution is 0.0394. The molecule has 1 fully saturated rings. The minimum Gasteiger partial charge on any atom is -0.379 e. The van der Waals surface area contributed by atoms with E-state index in [4.69, 9.17) is 4.74 Å². The molecule has 0 aliphatic carbocycles. The van der Waals surface area contributed by atoms with Gasteiger partial charge >= 0.3 is 0 Å². The van der Waals surface area contributed by atoms with Crippen LogP contribution in [0.15, 0.2) is 4.99 Å². The number of nitrogens with zero attached hydrogens (tertiary/aromatic N) is 2. The third kappa shape index (κ3) is 6.78. The second-order valence-corrected chi connectivity index (χ2v) is 5.39. The Morgan fingerprint density at radius 3 is 2.53 bits per heavy atom. The Bertz CT molecular complexity index is 262. The van der Waals surface area contributed by atoms with Crippen molar-refractivity contribution in [1.82, 2.24) is 15.5 Å². The first-order valence-corrected chi connectivity index (χ1v) is 7.48. The summed E-state index contributed by atoms with van der Waals surface area (Å²) in [4.78, 5) is 7.05. The van der Waals surface area contributed by atoms with Gasteiger partial charge in [0.05, 0.1) is 19.8 Å². The Morgan fingerprint density at radius 1 is 1.26 bits per heavy atom. The average molecular weight is 270 g/mol. The summed E-state index contributed by atoms with van der Waals surface area (Å²) < 4.78 is 5.34. The van der Waals surface area contributed by atoms with E-state index in [1.807, 2.05) is 0 Å². The zero-order chi connectivity index (χ0) is 14.1. The highest BCUT2D eigenvalue weighted by molar-refractivity contribution is 5.80. The maximum absolute atomic E-state index is 5.34. The number of guanidine groups is 1. The summed E-state index contributed by atoms with van der Waals surface area (Å²) in [7, 11) is 0. The molecule has 0 aromatic rings. The molecular weight excluding hydrogens is 240 g/mol. The predicted molar refractivity (Wildman–Crippen MR) is 80.7 cm³/mol. The Morgan fingerprint density at radius 2 is 1.95 bits per heavy atom. The standard InChI is InChI=1S/C14H30N4O/c1-5-15-14(17-13(4)12(2)3)16-6-7-18-8-10-19-11-9-18/h12-13H,5-11H2,1-4H3,(H2,15,16,17). The molecule has 1 aliphatic heterocycles. The molecule has 0 saturated carbocycles. The monoisotopic (exact) mass is 270 g/mol. The number of hydrogen-bond donors (Lipinski definition) is 2. The van der Waals surface area contributed by atoms with Gasteiger partial charge in [0.15, 0.2) is 5.96 Å². The summed E-state index contributed by atoms with van der Waals surface area (Å²) in [5.74, 6) is 1.53. The molecule has 1 unspecified atom stereocenters. The summed E-state index contributed by atoms with van der Waals surface area (Å²) in [6.45, 7) is 15.2. The maximum atomic E-state index is 5.34. The molecule has 112 valence electrons. The van der Waals surface area contributed by atoms with Gasteiger partial charge in [0, 0.05) is 32.2 Å². The van der Waals surface area contributed by atoms with E-state index in [0.29, 0.717) is 12.0 Å². The number of morpholine rings is 1. The van der Waals surface area contributed by atoms with Crippen molar-refractivity contribution in [1.29, 1.82) is 0 Å². The molecule has 0 spiro atoms. The van der Waals surface area contributed by atoms with Gasteiger partial charge in [-0.3, -0.25) is 9.89 Å².